The second kappa shape index (κ2) is 8.19. The van der Waals surface area contributed by atoms with Gasteiger partial charge in [-0.25, -0.2) is 15.0 Å². The van der Waals surface area contributed by atoms with Crippen molar-refractivity contribution in [2.45, 2.75) is 37.4 Å². The summed E-state index contributed by atoms with van der Waals surface area (Å²) in [6, 6.07) is 10.3. The van der Waals surface area contributed by atoms with Crippen LogP contribution in [0.2, 0.25) is 0 Å². The smallest absolute Gasteiger partial charge is 0.167 e. The molecule has 4 atom stereocenters. The molecule has 1 saturated heterocycles. The van der Waals surface area contributed by atoms with Crippen molar-refractivity contribution in [3.63, 3.8) is 0 Å². The van der Waals surface area contributed by atoms with Gasteiger partial charge in [-0.15, -0.1) is 0 Å². The summed E-state index contributed by atoms with van der Waals surface area (Å²) < 4.78 is 7.12. The number of hydrogen-bond acceptors (Lipinski definition) is 8. The van der Waals surface area contributed by atoms with E-state index in [9.17, 15) is 15.3 Å². The third-order valence-electron chi connectivity index (χ3n) is 4.93. The molecule has 4 unspecified atom stereocenters. The Labute approximate surface area is 161 Å². The van der Waals surface area contributed by atoms with E-state index in [-0.39, 0.29) is 6.61 Å². The van der Waals surface area contributed by atoms with Crippen molar-refractivity contribution >= 4 is 17.0 Å². The molecule has 28 heavy (non-hydrogen) atoms. The van der Waals surface area contributed by atoms with Gasteiger partial charge in [0.2, 0.25) is 0 Å². The van der Waals surface area contributed by atoms with E-state index >= 15 is 0 Å². The van der Waals surface area contributed by atoms with Crippen molar-refractivity contribution in [3.8, 4) is 0 Å². The molecule has 0 saturated carbocycles. The van der Waals surface area contributed by atoms with Crippen LogP contribution in [0.5, 0.6) is 0 Å². The van der Waals surface area contributed by atoms with E-state index in [0.717, 1.165) is 19.4 Å². The van der Waals surface area contributed by atoms with Crippen LogP contribution in [0.15, 0.2) is 43.0 Å². The fraction of sp³-hybridized carbons (Fsp3) is 0.421. The van der Waals surface area contributed by atoms with Crippen LogP contribution in [0.4, 0.5) is 5.82 Å². The third-order valence-corrected chi connectivity index (χ3v) is 4.93. The van der Waals surface area contributed by atoms with Crippen LogP contribution < -0.4 is 5.32 Å². The van der Waals surface area contributed by atoms with Crippen molar-refractivity contribution in [3.05, 3.63) is 48.5 Å². The summed E-state index contributed by atoms with van der Waals surface area (Å²) in [4.78, 5) is 12.9. The maximum absolute atomic E-state index is 10.2. The molecule has 3 aromatic rings. The summed E-state index contributed by atoms with van der Waals surface area (Å²) >= 11 is 0. The topological polar surface area (TPSA) is 126 Å². The fourth-order valence-electron chi connectivity index (χ4n) is 3.42. The summed E-state index contributed by atoms with van der Waals surface area (Å²) in [6.07, 6.45) is 0.713. The van der Waals surface area contributed by atoms with Gasteiger partial charge in [-0.2, -0.15) is 0 Å². The number of imidazole rings is 1. The standard InChI is InChI=1S/C19H23N5O4/c25-9-13-15(26)16(27)19(28-13)24-11-23-14-17(21-10-22-18(14)24)20-8-4-7-12-5-2-1-3-6-12/h1-3,5-6,10-11,13,15-16,19,25-27H,4,7-9H2,(H,20,21,22). The van der Waals surface area contributed by atoms with Crippen molar-refractivity contribution in [1.29, 1.82) is 0 Å². The Bertz CT molecular complexity index is 919. The highest BCUT2D eigenvalue weighted by molar-refractivity contribution is 5.82. The first-order valence-electron chi connectivity index (χ1n) is 9.27. The van der Waals surface area contributed by atoms with Gasteiger partial charge < -0.3 is 25.4 Å². The van der Waals surface area contributed by atoms with E-state index in [1.165, 1.54) is 18.2 Å². The van der Waals surface area contributed by atoms with Gasteiger partial charge in [0.05, 0.1) is 12.9 Å². The molecule has 1 fully saturated rings. The molecular weight excluding hydrogens is 362 g/mol. The van der Waals surface area contributed by atoms with Crippen LogP contribution in [0.25, 0.3) is 11.2 Å². The summed E-state index contributed by atoms with van der Waals surface area (Å²) in [5.41, 5.74) is 2.32. The van der Waals surface area contributed by atoms with E-state index in [1.807, 2.05) is 18.2 Å². The maximum atomic E-state index is 10.2. The Morgan fingerprint density at radius 3 is 2.64 bits per heavy atom. The lowest BCUT2D eigenvalue weighted by Gasteiger charge is -2.16. The molecule has 1 aliphatic rings. The number of aryl methyl sites for hydroxylation is 1. The van der Waals surface area contributed by atoms with E-state index in [4.69, 9.17) is 4.74 Å². The first-order chi connectivity index (χ1) is 13.7. The second-order valence-electron chi connectivity index (χ2n) is 6.79. The SMILES string of the molecule is OCC1OC(n2cnc3c(NCCCc4ccccc4)ncnc32)C(O)C1O. The van der Waals surface area contributed by atoms with Crippen LogP contribution in [-0.2, 0) is 11.2 Å². The minimum Gasteiger partial charge on any atom is -0.394 e. The van der Waals surface area contributed by atoms with E-state index < -0.39 is 24.5 Å². The van der Waals surface area contributed by atoms with E-state index in [1.54, 1.807) is 4.57 Å². The molecule has 9 nitrogen and oxygen atoms in total. The van der Waals surface area contributed by atoms with Crippen LogP contribution in [-0.4, -0.2) is 66.3 Å². The largest absolute Gasteiger partial charge is 0.394 e. The Morgan fingerprint density at radius 1 is 1.07 bits per heavy atom. The quantitative estimate of drug-likeness (QED) is 0.433. The Balaban J connectivity index is 1.46. The summed E-state index contributed by atoms with van der Waals surface area (Å²) in [5.74, 6) is 0.601. The minimum atomic E-state index is -1.19. The number of aliphatic hydroxyl groups excluding tert-OH is 3. The van der Waals surface area contributed by atoms with Gasteiger partial charge in [0.25, 0.3) is 0 Å². The van der Waals surface area contributed by atoms with Crippen LogP contribution in [0, 0.1) is 0 Å². The van der Waals surface area contributed by atoms with Gasteiger partial charge in [-0.05, 0) is 18.4 Å². The molecule has 0 bridgehead atoms. The predicted octanol–water partition coefficient (Wildman–Crippen LogP) is 0.482. The number of hydrogen-bond donors (Lipinski definition) is 4. The molecule has 0 spiro atoms. The second-order valence-corrected chi connectivity index (χ2v) is 6.79. The molecule has 9 heteroatoms. The van der Waals surface area contributed by atoms with Crippen LogP contribution in [0.3, 0.4) is 0 Å². The lowest BCUT2D eigenvalue weighted by atomic mass is 10.1. The highest BCUT2D eigenvalue weighted by Gasteiger charge is 2.44. The van der Waals surface area contributed by atoms with Crippen molar-refractivity contribution in [2.75, 3.05) is 18.5 Å². The first-order valence-corrected chi connectivity index (χ1v) is 9.27. The van der Waals surface area contributed by atoms with Gasteiger partial charge in [-0.1, -0.05) is 30.3 Å². The average molecular weight is 385 g/mol. The van der Waals surface area contributed by atoms with Gasteiger partial charge in [0.15, 0.2) is 23.2 Å². The highest BCUT2D eigenvalue weighted by Crippen LogP contribution is 2.32. The molecule has 1 aromatic carbocycles. The number of aromatic nitrogens is 4. The van der Waals surface area contributed by atoms with Crippen LogP contribution >= 0.6 is 0 Å². The molecular formula is C19H23N5O4. The zero-order chi connectivity index (χ0) is 19.5. The molecule has 148 valence electrons. The number of rotatable bonds is 7. The van der Waals surface area contributed by atoms with E-state index in [2.05, 4.69) is 32.4 Å². The zero-order valence-corrected chi connectivity index (χ0v) is 15.2. The van der Waals surface area contributed by atoms with Crippen molar-refractivity contribution in [2.24, 2.45) is 0 Å². The monoisotopic (exact) mass is 385 g/mol. The molecule has 2 aromatic heterocycles. The molecule has 3 heterocycles. The number of nitrogens with zero attached hydrogens (tertiary/aromatic N) is 4. The number of anilines is 1. The summed E-state index contributed by atoms with van der Waals surface area (Å²) in [7, 11) is 0. The third kappa shape index (κ3) is 3.57. The lowest BCUT2D eigenvalue weighted by molar-refractivity contribution is -0.0511. The van der Waals surface area contributed by atoms with Gasteiger partial charge >= 0.3 is 0 Å². The highest BCUT2D eigenvalue weighted by atomic mass is 16.6. The van der Waals surface area contributed by atoms with Gasteiger partial charge in [0, 0.05) is 6.54 Å². The fourth-order valence-corrected chi connectivity index (χ4v) is 3.42. The molecule has 0 radical (unpaired) electrons. The first kappa shape index (κ1) is 18.8. The summed E-state index contributed by atoms with van der Waals surface area (Å²) in [6.45, 7) is 0.340. The molecule has 0 amide bonds. The number of aliphatic hydroxyl groups is 3. The maximum Gasteiger partial charge on any atom is 0.167 e. The normalized spacial score (nSPS) is 24.7. The molecule has 0 aliphatic carbocycles. The van der Waals surface area contributed by atoms with Crippen LogP contribution in [0.1, 0.15) is 18.2 Å². The zero-order valence-electron chi connectivity index (χ0n) is 15.2. The van der Waals surface area contributed by atoms with Gasteiger partial charge in [-0.3, -0.25) is 4.57 Å². The lowest BCUT2D eigenvalue weighted by Crippen LogP contribution is -2.33. The van der Waals surface area contributed by atoms with Crippen molar-refractivity contribution < 1.29 is 20.1 Å². The van der Waals surface area contributed by atoms with Crippen molar-refractivity contribution in [1.82, 2.24) is 19.5 Å². The Morgan fingerprint density at radius 2 is 1.89 bits per heavy atom. The Kier molecular flexibility index (Phi) is 5.49. The number of benzene rings is 1. The number of nitrogens with one attached hydrogen (secondary N) is 1. The van der Waals surface area contributed by atoms with E-state index in [0.29, 0.717) is 17.0 Å². The number of fused-ring (bicyclic) bond motifs is 1. The minimum absolute atomic E-state index is 0.384. The summed E-state index contributed by atoms with van der Waals surface area (Å²) in [5, 5.41) is 32.8. The van der Waals surface area contributed by atoms with Gasteiger partial charge in [0.1, 0.15) is 24.6 Å². The molecule has 1 aliphatic heterocycles. The Hall–Kier alpha value is -2.59. The molecule has 4 N–H and O–H groups in total. The molecule has 4 rings (SSSR count). The number of ether oxygens (including phenoxy) is 1. The predicted molar refractivity (Wildman–Crippen MR) is 102 cm³/mol. The average Bonchev–Trinajstić information content (AvgIpc) is 3.28.